The molecule has 0 radical (unpaired) electrons. The molecule has 0 aliphatic carbocycles. The lowest BCUT2D eigenvalue weighted by atomic mass is 10.2. The van der Waals surface area contributed by atoms with E-state index >= 15 is 0 Å². The molecule has 0 fully saturated rings. The van der Waals surface area contributed by atoms with Crippen molar-refractivity contribution in [3.8, 4) is 11.6 Å². The Kier molecular flexibility index (Phi) is 6.19. The number of hydrogen-bond acceptors (Lipinski definition) is 4. The van der Waals surface area contributed by atoms with Crippen LogP contribution in [0.4, 0.5) is 0 Å². The summed E-state index contributed by atoms with van der Waals surface area (Å²) in [6, 6.07) is 16.9. The Balaban J connectivity index is 1.80. The number of ether oxygens (including phenoxy) is 1. The summed E-state index contributed by atoms with van der Waals surface area (Å²) in [4.78, 5) is 9.05. The number of para-hydroxylation sites is 1. The molecule has 25 heavy (non-hydrogen) atoms. The first-order chi connectivity index (χ1) is 12.2. The van der Waals surface area contributed by atoms with Gasteiger partial charge in [0.2, 0.25) is 5.88 Å². The first-order valence-corrected chi connectivity index (χ1v) is 9.56. The highest BCUT2D eigenvalue weighted by atomic mass is 35.5. The van der Waals surface area contributed by atoms with Crippen molar-refractivity contribution in [1.29, 1.82) is 0 Å². The van der Waals surface area contributed by atoms with Crippen molar-refractivity contribution in [2.45, 2.75) is 24.3 Å². The van der Waals surface area contributed by atoms with Crippen LogP contribution in [0.15, 0.2) is 59.8 Å². The molecule has 3 rings (SSSR count). The van der Waals surface area contributed by atoms with E-state index in [9.17, 15) is 0 Å². The molecule has 0 saturated carbocycles. The van der Waals surface area contributed by atoms with E-state index in [1.807, 2.05) is 55.5 Å². The Morgan fingerprint density at radius 2 is 1.68 bits per heavy atom. The fraction of sp³-hybridized carbons (Fsp3) is 0.158. The summed E-state index contributed by atoms with van der Waals surface area (Å²) in [5.74, 6) is 1.76. The smallest absolute Gasteiger partial charge is 0.223 e. The third-order valence-corrected chi connectivity index (χ3v) is 5.04. The second-order valence-corrected chi connectivity index (χ2v) is 7.00. The molecule has 0 N–H and O–H groups in total. The molecule has 0 aliphatic rings. The van der Waals surface area contributed by atoms with Crippen LogP contribution in [0.1, 0.15) is 18.2 Å². The molecule has 3 nitrogen and oxygen atoms in total. The fourth-order valence-corrected chi connectivity index (χ4v) is 3.47. The number of thioether (sulfide) groups is 1. The van der Waals surface area contributed by atoms with E-state index in [2.05, 4.69) is 9.97 Å². The highest BCUT2D eigenvalue weighted by molar-refractivity contribution is 7.98. The topological polar surface area (TPSA) is 35.0 Å². The maximum Gasteiger partial charge on any atom is 0.223 e. The number of halogens is 2. The molecule has 0 bridgehead atoms. The minimum absolute atomic E-state index is 0.488. The van der Waals surface area contributed by atoms with E-state index in [-0.39, 0.29) is 0 Å². The highest BCUT2D eigenvalue weighted by Crippen LogP contribution is 2.30. The van der Waals surface area contributed by atoms with E-state index in [0.29, 0.717) is 27.6 Å². The van der Waals surface area contributed by atoms with Gasteiger partial charge in [-0.15, -0.1) is 0 Å². The predicted octanol–water partition coefficient (Wildman–Crippen LogP) is 6.43. The summed E-state index contributed by atoms with van der Waals surface area (Å²) in [5.41, 5.74) is 1.96. The van der Waals surface area contributed by atoms with Gasteiger partial charge in [-0.25, -0.2) is 4.98 Å². The van der Waals surface area contributed by atoms with Gasteiger partial charge in [0.25, 0.3) is 0 Å². The van der Waals surface area contributed by atoms with E-state index in [4.69, 9.17) is 27.9 Å². The van der Waals surface area contributed by atoms with Crippen LogP contribution in [0, 0.1) is 0 Å². The molecular weight excluding hydrogens is 375 g/mol. The van der Waals surface area contributed by atoms with E-state index < -0.39 is 0 Å². The number of nitrogens with zero attached hydrogens (tertiary/aromatic N) is 2. The standard InChI is InChI=1S/C19H16Cl2N2OS/c1-2-14-11-18(24-17-10-6-5-9-16(17)21)23-19(22-14)25-12-13-7-3-4-8-15(13)20/h3-11H,2,12H2,1H3. The molecular formula is C19H16Cl2N2OS. The van der Waals surface area contributed by atoms with Gasteiger partial charge in [-0.05, 0) is 30.2 Å². The molecule has 128 valence electrons. The second kappa shape index (κ2) is 8.56. The summed E-state index contributed by atoms with van der Waals surface area (Å²) in [6.45, 7) is 2.05. The number of hydrogen-bond donors (Lipinski definition) is 0. The van der Waals surface area contributed by atoms with Gasteiger partial charge in [0.05, 0.1) is 5.02 Å². The lowest BCUT2D eigenvalue weighted by molar-refractivity contribution is 0.454. The van der Waals surface area contributed by atoms with Crippen LogP contribution in [0.5, 0.6) is 11.6 Å². The van der Waals surface area contributed by atoms with Gasteiger partial charge in [0.1, 0.15) is 5.75 Å². The van der Waals surface area contributed by atoms with Gasteiger partial charge in [0.15, 0.2) is 5.16 Å². The third kappa shape index (κ3) is 4.88. The maximum absolute atomic E-state index is 6.21. The van der Waals surface area contributed by atoms with Crippen molar-refractivity contribution in [2.75, 3.05) is 0 Å². The van der Waals surface area contributed by atoms with Crippen molar-refractivity contribution >= 4 is 35.0 Å². The van der Waals surface area contributed by atoms with Gasteiger partial charge < -0.3 is 4.74 Å². The zero-order valence-corrected chi connectivity index (χ0v) is 15.9. The SMILES string of the molecule is CCc1cc(Oc2ccccc2Cl)nc(SCc2ccccc2Cl)n1. The number of benzene rings is 2. The lowest BCUT2D eigenvalue weighted by Gasteiger charge is -2.10. The Bertz CT molecular complexity index is 874. The van der Waals surface area contributed by atoms with Crippen LogP contribution in [0.2, 0.25) is 10.0 Å². The van der Waals surface area contributed by atoms with E-state index in [0.717, 1.165) is 22.7 Å². The molecule has 1 heterocycles. The zero-order valence-electron chi connectivity index (χ0n) is 13.6. The maximum atomic E-state index is 6.21. The first kappa shape index (κ1) is 18.1. The zero-order chi connectivity index (χ0) is 17.6. The molecule has 3 aromatic rings. The summed E-state index contributed by atoms with van der Waals surface area (Å²) in [7, 11) is 0. The van der Waals surface area contributed by atoms with Crippen LogP contribution >= 0.6 is 35.0 Å². The molecule has 0 atom stereocenters. The van der Waals surface area contributed by atoms with Gasteiger partial charge in [-0.3, -0.25) is 0 Å². The molecule has 0 amide bonds. The Hall–Kier alpha value is -1.75. The van der Waals surface area contributed by atoms with Crippen LogP contribution < -0.4 is 4.74 Å². The summed E-state index contributed by atoms with van der Waals surface area (Å²) in [6.07, 6.45) is 0.793. The predicted molar refractivity (Wildman–Crippen MR) is 104 cm³/mol. The minimum atomic E-state index is 0.488. The summed E-state index contributed by atoms with van der Waals surface area (Å²) in [5, 5.41) is 1.94. The third-order valence-electron chi connectivity index (χ3n) is 3.46. The van der Waals surface area contributed by atoms with Crippen molar-refractivity contribution in [1.82, 2.24) is 9.97 Å². The monoisotopic (exact) mass is 390 g/mol. The van der Waals surface area contributed by atoms with Gasteiger partial charge >= 0.3 is 0 Å². The lowest BCUT2D eigenvalue weighted by Crippen LogP contribution is -1.97. The average molecular weight is 391 g/mol. The number of aromatic nitrogens is 2. The van der Waals surface area contributed by atoms with Crippen molar-refractivity contribution in [3.05, 3.63) is 75.9 Å². The Morgan fingerprint density at radius 3 is 2.40 bits per heavy atom. The van der Waals surface area contributed by atoms with Crippen LogP contribution in [-0.4, -0.2) is 9.97 Å². The number of aryl methyl sites for hydroxylation is 1. The van der Waals surface area contributed by atoms with E-state index in [1.54, 1.807) is 6.07 Å². The van der Waals surface area contributed by atoms with Crippen molar-refractivity contribution in [3.63, 3.8) is 0 Å². The minimum Gasteiger partial charge on any atom is -0.437 e. The molecule has 2 aromatic carbocycles. The number of rotatable bonds is 6. The van der Waals surface area contributed by atoms with Crippen LogP contribution in [-0.2, 0) is 12.2 Å². The van der Waals surface area contributed by atoms with Crippen molar-refractivity contribution < 1.29 is 4.74 Å². The van der Waals surface area contributed by atoms with Crippen LogP contribution in [0.3, 0.4) is 0 Å². The summed E-state index contributed by atoms with van der Waals surface area (Å²) >= 11 is 13.9. The summed E-state index contributed by atoms with van der Waals surface area (Å²) < 4.78 is 5.85. The molecule has 0 saturated heterocycles. The second-order valence-electron chi connectivity index (χ2n) is 5.25. The molecule has 0 aliphatic heterocycles. The quantitative estimate of drug-likeness (QED) is 0.358. The van der Waals surface area contributed by atoms with Gasteiger partial charge in [-0.1, -0.05) is 72.2 Å². The van der Waals surface area contributed by atoms with Gasteiger partial charge in [-0.2, -0.15) is 4.98 Å². The first-order valence-electron chi connectivity index (χ1n) is 7.82. The van der Waals surface area contributed by atoms with Crippen molar-refractivity contribution in [2.24, 2.45) is 0 Å². The Morgan fingerprint density at radius 1 is 0.960 bits per heavy atom. The van der Waals surface area contributed by atoms with E-state index in [1.165, 1.54) is 11.8 Å². The average Bonchev–Trinajstić information content (AvgIpc) is 2.63. The van der Waals surface area contributed by atoms with Crippen LogP contribution in [0.25, 0.3) is 0 Å². The molecule has 0 unspecified atom stereocenters. The normalized spacial score (nSPS) is 10.7. The Labute approximate surface area is 161 Å². The fourth-order valence-electron chi connectivity index (χ4n) is 2.15. The largest absolute Gasteiger partial charge is 0.437 e. The van der Waals surface area contributed by atoms with Gasteiger partial charge in [0, 0.05) is 22.5 Å². The molecule has 6 heteroatoms. The highest BCUT2D eigenvalue weighted by Gasteiger charge is 2.09. The molecule has 1 aromatic heterocycles. The molecule has 0 spiro atoms.